The van der Waals surface area contributed by atoms with Crippen LogP contribution in [-0.2, 0) is 0 Å². The fraction of sp³-hybridized carbons (Fsp3) is 1.00. The van der Waals surface area contributed by atoms with E-state index in [1.54, 1.807) is 0 Å². The third-order valence-corrected chi connectivity index (χ3v) is 14.7. The molecule has 0 aromatic rings. The normalized spacial score (nSPS) is 31.7. The minimum atomic E-state index is -0.779. The molecule has 1 saturated heterocycles. The average molecular weight is 231 g/mol. The molecule has 0 bridgehead atoms. The number of hydrogen-bond donors (Lipinski definition) is 0. The van der Waals surface area contributed by atoms with Crippen LogP contribution in [0, 0.1) is 0 Å². The molecule has 0 aliphatic carbocycles. The Morgan fingerprint density at radius 1 is 0.643 bits per heavy atom. The first-order chi connectivity index (χ1) is 6.07. The Hall–Kier alpha value is 0.354. The van der Waals surface area contributed by atoms with Crippen molar-refractivity contribution < 1.29 is 0 Å². The first-order valence-corrected chi connectivity index (χ1v) is 10.0. The van der Waals surface area contributed by atoms with Gasteiger partial charge in [0, 0.05) is 11.1 Å². The molecule has 4 heteroatoms. The SMILES string of the molecule is C[SiH]1N(C(C)(C)C)[SiH](C)N1C(C)(C)C. The zero-order chi connectivity index (χ0) is 11.3. The fourth-order valence-corrected chi connectivity index (χ4v) is 13.8. The molecular formula is C10H26N2Si2. The quantitative estimate of drug-likeness (QED) is 0.587. The van der Waals surface area contributed by atoms with Crippen molar-refractivity contribution in [1.82, 2.24) is 8.46 Å². The van der Waals surface area contributed by atoms with Crippen molar-refractivity contribution in [3.8, 4) is 0 Å². The molecule has 0 radical (unpaired) electrons. The highest BCUT2D eigenvalue weighted by molar-refractivity contribution is 6.85. The first kappa shape index (κ1) is 12.4. The molecule has 0 aromatic heterocycles. The van der Waals surface area contributed by atoms with Crippen LogP contribution in [0.15, 0.2) is 0 Å². The molecule has 84 valence electrons. The van der Waals surface area contributed by atoms with Gasteiger partial charge in [0.2, 0.25) is 0 Å². The van der Waals surface area contributed by atoms with Crippen molar-refractivity contribution in [3.63, 3.8) is 0 Å². The molecule has 0 saturated carbocycles. The summed E-state index contributed by atoms with van der Waals surface area (Å²) in [6.07, 6.45) is 0. The van der Waals surface area contributed by atoms with Gasteiger partial charge < -0.3 is 8.46 Å². The Bertz CT molecular complexity index is 185. The van der Waals surface area contributed by atoms with Crippen molar-refractivity contribution in [3.05, 3.63) is 0 Å². The minimum Gasteiger partial charge on any atom is -0.322 e. The summed E-state index contributed by atoms with van der Waals surface area (Å²) < 4.78 is 5.69. The van der Waals surface area contributed by atoms with Crippen LogP contribution >= 0.6 is 0 Å². The summed E-state index contributed by atoms with van der Waals surface area (Å²) in [6.45, 7) is 19.1. The van der Waals surface area contributed by atoms with Crippen LogP contribution in [0.4, 0.5) is 0 Å². The van der Waals surface area contributed by atoms with Gasteiger partial charge in [-0.1, -0.05) is 0 Å². The largest absolute Gasteiger partial charge is 0.322 e. The van der Waals surface area contributed by atoms with Crippen molar-refractivity contribution >= 4 is 18.2 Å². The molecule has 1 heterocycles. The van der Waals surface area contributed by atoms with E-state index in [4.69, 9.17) is 0 Å². The Labute approximate surface area is 92.8 Å². The maximum Gasteiger partial charge on any atom is 0.175 e. The molecule has 1 aliphatic heterocycles. The van der Waals surface area contributed by atoms with Crippen LogP contribution in [0.25, 0.3) is 0 Å². The van der Waals surface area contributed by atoms with Gasteiger partial charge in [0.15, 0.2) is 18.2 Å². The van der Waals surface area contributed by atoms with Crippen LogP contribution in [-0.4, -0.2) is 37.8 Å². The lowest BCUT2D eigenvalue weighted by Crippen LogP contribution is -2.83. The Balaban J connectivity index is 2.76. The first-order valence-electron chi connectivity index (χ1n) is 5.63. The molecule has 0 atom stereocenters. The van der Waals surface area contributed by atoms with Crippen molar-refractivity contribution in [2.75, 3.05) is 0 Å². The van der Waals surface area contributed by atoms with Gasteiger partial charge in [-0.15, -0.1) is 0 Å². The summed E-state index contributed by atoms with van der Waals surface area (Å²) in [5, 5.41) is 0. The van der Waals surface area contributed by atoms with E-state index in [9.17, 15) is 0 Å². The minimum absolute atomic E-state index is 0.402. The summed E-state index contributed by atoms with van der Waals surface area (Å²) in [7, 11) is -1.56. The molecule has 0 N–H and O–H groups in total. The maximum atomic E-state index is 2.85. The summed E-state index contributed by atoms with van der Waals surface area (Å²) in [4.78, 5) is 0. The van der Waals surface area contributed by atoms with Crippen LogP contribution in [0.2, 0.25) is 13.1 Å². The number of nitrogens with zero attached hydrogens (tertiary/aromatic N) is 2. The summed E-state index contributed by atoms with van der Waals surface area (Å²) in [5.74, 6) is 0. The van der Waals surface area contributed by atoms with Crippen LogP contribution in [0.3, 0.4) is 0 Å². The van der Waals surface area contributed by atoms with Crippen molar-refractivity contribution in [2.24, 2.45) is 0 Å². The van der Waals surface area contributed by atoms with Gasteiger partial charge in [-0.05, 0) is 54.6 Å². The molecular weight excluding hydrogens is 204 g/mol. The number of hydrogen-bond acceptors (Lipinski definition) is 2. The van der Waals surface area contributed by atoms with Gasteiger partial charge in [-0.25, -0.2) is 0 Å². The highest BCUT2D eigenvalue weighted by Gasteiger charge is 2.51. The lowest BCUT2D eigenvalue weighted by Gasteiger charge is -2.64. The van der Waals surface area contributed by atoms with Gasteiger partial charge in [0.1, 0.15) is 0 Å². The molecule has 0 aromatic carbocycles. The predicted octanol–water partition coefficient (Wildman–Crippen LogP) is 1.90. The highest BCUT2D eigenvalue weighted by atomic mass is 28.4. The second-order valence-corrected chi connectivity index (χ2v) is 12.4. The Kier molecular flexibility index (Phi) is 3.05. The lowest BCUT2D eigenvalue weighted by atomic mass is 10.1. The fourth-order valence-electron chi connectivity index (χ4n) is 3.06. The third-order valence-electron chi connectivity index (χ3n) is 3.16. The van der Waals surface area contributed by atoms with E-state index in [0.717, 1.165) is 0 Å². The smallest absolute Gasteiger partial charge is 0.175 e. The van der Waals surface area contributed by atoms with E-state index in [0.29, 0.717) is 11.1 Å². The molecule has 1 fully saturated rings. The van der Waals surface area contributed by atoms with Crippen molar-refractivity contribution in [2.45, 2.75) is 65.7 Å². The van der Waals surface area contributed by atoms with E-state index < -0.39 is 18.2 Å². The van der Waals surface area contributed by atoms with Gasteiger partial charge >= 0.3 is 0 Å². The maximum absolute atomic E-state index is 2.85. The Morgan fingerprint density at radius 2 is 0.857 bits per heavy atom. The lowest BCUT2D eigenvalue weighted by molar-refractivity contribution is 0.224. The van der Waals surface area contributed by atoms with E-state index in [-0.39, 0.29) is 0 Å². The molecule has 0 amide bonds. The Morgan fingerprint density at radius 3 is 1.00 bits per heavy atom. The summed E-state index contributed by atoms with van der Waals surface area (Å²) in [5.41, 5.74) is 0.804. The van der Waals surface area contributed by atoms with Gasteiger partial charge in [0.25, 0.3) is 0 Å². The summed E-state index contributed by atoms with van der Waals surface area (Å²) in [6, 6.07) is 0. The molecule has 1 aliphatic rings. The average Bonchev–Trinajstić information content (AvgIpc) is 1.78. The molecule has 0 spiro atoms. The van der Waals surface area contributed by atoms with E-state index in [1.165, 1.54) is 0 Å². The number of rotatable bonds is 0. The van der Waals surface area contributed by atoms with E-state index >= 15 is 0 Å². The summed E-state index contributed by atoms with van der Waals surface area (Å²) >= 11 is 0. The van der Waals surface area contributed by atoms with Crippen LogP contribution in [0.1, 0.15) is 41.5 Å². The zero-order valence-electron chi connectivity index (χ0n) is 11.0. The predicted molar refractivity (Wildman–Crippen MR) is 69.2 cm³/mol. The second kappa shape index (κ2) is 3.44. The molecule has 0 unspecified atom stereocenters. The zero-order valence-corrected chi connectivity index (χ0v) is 13.4. The van der Waals surface area contributed by atoms with Crippen LogP contribution in [0.5, 0.6) is 0 Å². The standard InChI is InChI=1S/C10H26N2Si2/c1-9(2,3)11-13(7)12(14(11)8)10(4,5)6/h13-14H,1-8H3. The second-order valence-electron chi connectivity index (χ2n) is 6.42. The topological polar surface area (TPSA) is 6.48 Å². The van der Waals surface area contributed by atoms with E-state index in [2.05, 4.69) is 63.1 Å². The molecule has 14 heavy (non-hydrogen) atoms. The van der Waals surface area contributed by atoms with Gasteiger partial charge in [-0.2, -0.15) is 0 Å². The van der Waals surface area contributed by atoms with Gasteiger partial charge in [0.05, 0.1) is 0 Å². The van der Waals surface area contributed by atoms with Crippen LogP contribution < -0.4 is 0 Å². The highest BCUT2D eigenvalue weighted by Crippen LogP contribution is 2.34. The third kappa shape index (κ3) is 1.98. The molecule has 1 rings (SSSR count). The van der Waals surface area contributed by atoms with Crippen molar-refractivity contribution in [1.29, 1.82) is 0 Å². The monoisotopic (exact) mass is 230 g/mol. The van der Waals surface area contributed by atoms with Gasteiger partial charge in [-0.3, -0.25) is 0 Å². The van der Waals surface area contributed by atoms with E-state index in [1.807, 2.05) is 0 Å². The molecule has 2 nitrogen and oxygen atoms in total.